The van der Waals surface area contributed by atoms with Crippen LogP contribution in [0.25, 0.3) is 10.9 Å². The van der Waals surface area contributed by atoms with E-state index in [1.807, 2.05) is 98.9 Å². The summed E-state index contributed by atoms with van der Waals surface area (Å²) in [5.41, 5.74) is 3.35. The summed E-state index contributed by atoms with van der Waals surface area (Å²) in [5, 5.41) is 14.4. The molecule has 0 aliphatic rings. The van der Waals surface area contributed by atoms with Crippen molar-refractivity contribution in [2.75, 3.05) is 0 Å². The first kappa shape index (κ1) is 24.1. The average molecular weight is 470 g/mol. The number of hydrogen-bond donors (Lipinski definition) is 3. The van der Waals surface area contributed by atoms with Crippen molar-refractivity contribution in [2.45, 2.75) is 45.3 Å². The van der Waals surface area contributed by atoms with E-state index >= 15 is 0 Å². The lowest BCUT2D eigenvalue weighted by Gasteiger charge is -2.39. The van der Waals surface area contributed by atoms with Crippen LogP contribution in [-0.2, 0) is 17.8 Å². The molecular formula is C29H31N3O3. The summed E-state index contributed by atoms with van der Waals surface area (Å²) >= 11 is 0. The number of benzene rings is 3. The van der Waals surface area contributed by atoms with E-state index in [4.69, 9.17) is 0 Å². The van der Waals surface area contributed by atoms with E-state index in [0.29, 0.717) is 0 Å². The maximum atomic E-state index is 13.9. The van der Waals surface area contributed by atoms with Crippen molar-refractivity contribution < 1.29 is 14.7 Å². The number of aryl methyl sites for hydroxylation is 1. The van der Waals surface area contributed by atoms with E-state index in [1.54, 1.807) is 6.92 Å². The number of rotatable bonds is 8. The molecular weight excluding hydrogens is 438 g/mol. The van der Waals surface area contributed by atoms with Gasteiger partial charge in [0.15, 0.2) is 0 Å². The third kappa shape index (κ3) is 5.22. The fraction of sp³-hybridized carbons (Fsp3) is 0.241. The molecule has 0 spiro atoms. The normalized spacial score (nSPS) is 13.7. The lowest BCUT2D eigenvalue weighted by Crippen LogP contribution is -2.59. The van der Waals surface area contributed by atoms with Gasteiger partial charge in [0.2, 0.25) is 5.91 Å². The summed E-state index contributed by atoms with van der Waals surface area (Å²) in [6.07, 6.45) is 0.945. The van der Waals surface area contributed by atoms with Crippen LogP contribution in [-0.4, -0.2) is 32.5 Å². The van der Waals surface area contributed by atoms with Crippen molar-refractivity contribution in [3.63, 3.8) is 0 Å². The molecule has 35 heavy (non-hydrogen) atoms. The Morgan fingerprint density at radius 2 is 1.66 bits per heavy atom. The standard InChI is InChI=1S/C29H31N3O3/c1-20-13-15-22(16-14-20)19-32(28(34)35)29(3,17-24-18-30-26-12-8-7-11-25(24)26)27(33)31-21(2)23-9-5-4-6-10-23/h4-16,18,21,30H,17,19H2,1-3H3,(H,31,33)(H,34,35)/t21-,29+/m0/s1. The molecule has 2 amide bonds. The zero-order chi connectivity index (χ0) is 25.0. The van der Waals surface area contributed by atoms with Gasteiger partial charge >= 0.3 is 6.09 Å². The average Bonchev–Trinajstić information content (AvgIpc) is 3.26. The Morgan fingerprint density at radius 3 is 2.34 bits per heavy atom. The lowest BCUT2D eigenvalue weighted by molar-refractivity contribution is -0.132. The molecule has 0 saturated heterocycles. The molecule has 180 valence electrons. The monoisotopic (exact) mass is 469 g/mol. The summed E-state index contributed by atoms with van der Waals surface area (Å²) in [6.45, 7) is 5.70. The number of nitrogens with one attached hydrogen (secondary N) is 2. The molecule has 2 atom stereocenters. The van der Waals surface area contributed by atoms with Crippen LogP contribution in [0.15, 0.2) is 85.1 Å². The van der Waals surface area contributed by atoms with Crippen LogP contribution in [0, 0.1) is 6.92 Å². The molecule has 6 nitrogen and oxygen atoms in total. The Bertz CT molecular complexity index is 1310. The topological polar surface area (TPSA) is 85.4 Å². The number of carboxylic acid groups (broad SMARTS) is 1. The fourth-order valence-corrected chi connectivity index (χ4v) is 4.45. The minimum Gasteiger partial charge on any atom is -0.465 e. The Balaban J connectivity index is 1.72. The van der Waals surface area contributed by atoms with Crippen LogP contribution < -0.4 is 5.32 Å². The molecule has 0 bridgehead atoms. The maximum absolute atomic E-state index is 13.9. The van der Waals surface area contributed by atoms with Gasteiger partial charge in [0.05, 0.1) is 12.6 Å². The minimum absolute atomic E-state index is 0.0988. The number of para-hydroxylation sites is 1. The summed E-state index contributed by atoms with van der Waals surface area (Å²) in [7, 11) is 0. The van der Waals surface area contributed by atoms with E-state index in [0.717, 1.165) is 33.2 Å². The van der Waals surface area contributed by atoms with E-state index in [1.165, 1.54) is 4.90 Å². The third-order valence-corrected chi connectivity index (χ3v) is 6.63. The molecule has 0 aliphatic heterocycles. The summed E-state index contributed by atoms with van der Waals surface area (Å²) < 4.78 is 0. The van der Waals surface area contributed by atoms with E-state index < -0.39 is 11.6 Å². The number of fused-ring (bicyclic) bond motifs is 1. The van der Waals surface area contributed by atoms with Crippen LogP contribution in [0.5, 0.6) is 0 Å². The van der Waals surface area contributed by atoms with Crippen LogP contribution in [0.1, 0.15) is 42.1 Å². The number of nitrogens with zero attached hydrogens (tertiary/aromatic N) is 1. The van der Waals surface area contributed by atoms with Crippen molar-refractivity contribution >= 4 is 22.9 Å². The molecule has 1 heterocycles. The van der Waals surface area contributed by atoms with Crippen molar-refractivity contribution in [1.82, 2.24) is 15.2 Å². The van der Waals surface area contributed by atoms with Gasteiger partial charge in [0.1, 0.15) is 5.54 Å². The number of carbonyl (C=O) groups excluding carboxylic acids is 1. The van der Waals surface area contributed by atoms with Gasteiger partial charge in [-0.05, 0) is 43.5 Å². The van der Waals surface area contributed by atoms with E-state index in [-0.39, 0.29) is 24.9 Å². The Morgan fingerprint density at radius 1 is 1.00 bits per heavy atom. The summed E-state index contributed by atoms with van der Waals surface area (Å²) in [6, 6.07) is 24.9. The lowest BCUT2D eigenvalue weighted by atomic mass is 9.88. The number of aromatic amines is 1. The zero-order valence-corrected chi connectivity index (χ0v) is 20.3. The molecule has 0 unspecified atom stereocenters. The highest BCUT2D eigenvalue weighted by Crippen LogP contribution is 2.29. The number of H-pyrrole nitrogens is 1. The van der Waals surface area contributed by atoms with Crippen molar-refractivity contribution in [3.05, 3.63) is 107 Å². The number of aromatic nitrogens is 1. The first-order valence-corrected chi connectivity index (χ1v) is 11.7. The van der Waals surface area contributed by atoms with Gasteiger partial charge in [-0.3, -0.25) is 9.69 Å². The highest BCUT2D eigenvalue weighted by atomic mass is 16.4. The molecule has 0 aliphatic carbocycles. The van der Waals surface area contributed by atoms with Gasteiger partial charge in [-0.2, -0.15) is 0 Å². The van der Waals surface area contributed by atoms with E-state index in [9.17, 15) is 14.7 Å². The van der Waals surface area contributed by atoms with Crippen LogP contribution in [0.4, 0.5) is 4.79 Å². The Kier molecular flexibility index (Phi) is 6.92. The fourth-order valence-electron chi connectivity index (χ4n) is 4.45. The van der Waals surface area contributed by atoms with Crippen LogP contribution in [0.2, 0.25) is 0 Å². The summed E-state index contributed by atoms with van der Waals surface area (Å²) in [5.74, 6) is -0.339. The molecule has 1 aromatic heterocycles. The quantitative estimate of drug-likeness (QED) is 0.303. The highest BCUT2D eigenvalue weighted by molar-refractivity contribution is 5.91. The van der Waals surface area contributed by atoms with Gasteiger partial charge in [-0.15, -0.1) is 0 Å². The molecule has 6 heteroatoms. The number of amides is 2. The summed E-state index contributed by atoms with van der Waals surface area (Å²) in [4.78, 5) is 31.0. The van der Waals surface area contributed by atoms with Gasteiger partial charge < -0.3 is 15.4 Å². The minimum atomic E-state index is -1.36. The molecule has 3 N–H and O–H groups in total. The zero-order valence-electron chi connectivity index (χ0n) is 20.3. The van der Waals surface area contributed by atoms with Gasteiger partial charge in [-0.25, -0.2) is 4.79 Å². The van der Waals surface area contributed by atoms with Crippen molar-refractivity contribution in [3.8, 4) is 0 Å². The van der Waals surface area contributed by atoms with Crippen LogP contribution >= 0.6 is 0 Å². The smallest absolute Gasteiger partial charge is 0.408 e. The first-order valence-electron chi connectivity index (χ1n) is 11.7. The number of carbonyl (C=O) groups is 2. The van der Waals surface area contributed by atoms with Gasteiger partial charge in [0.25, 0.3) is 0 Å². The highest BCUT2D eigenvalue weighted by Gasteiger charge is 2.43. The molecule has 0 radical (unpaired) electrons. The second-order valence-electron chi connectivity index (χ2n) is 9.27. The Labute approximate surface area is 205 Å². The predicted octanol–water partition coefficient (Wildman–Crippen LogP) is 5.84. The predicted molar refractivity (Wildman–Crippen MR) is 138 cm³/mol. The first-order chi connectivity index (χ1) is 16.8. The second-order valence-corrected chi connectivity index (χ2v) is 9.27. The molecule has 4 aromatic rings. The molecule has 0 fully saturated rings. The van der Waals surface area contributed by atoms with Crippen LogP contribution in [0.3, 0.4) is 0 Å². The second kappa shape index (κ2) is 10.1. The van der Waals surface area contributed by atoms with Gasteiger partial charge in [-0.1, -0.05) is 78.4 Å². The number of hydrogen-bond acceptors (Lipinski definition) is 2. The molecule has 0 saturated carbocycles. The SMILES string of the molecule is Cc1ccc(CN(C(=O)O)[C@](C)(Cc2c[nH]c3ccccc23)C(=O)N[C@@H](C)c2ccccc2)cc1. The largest absolute Gasteiger partial charge is 0.465 e. The van der Waals surface area contributed by atoms with Gasteiger partial charge in [0, 0.05) is 23.5 Å². The third-order valence-electron chi connectivity index (χ3n) is 6.63. The molecule has 3 aromatic carbocycles. The molecule has 4 rings (SSSR count). The van der Waals surface area contributed by atoms with Crippen molar-refractivity contribution in [2.24, 2.45) is 0 Å². The Hall–Kier alpha value is -4.06. The van der Waals surface area contributed by atoms with Crippen molar-refractivity contribution in [1.29, 1.82) is 0 Å². The maximum Gasteiger partial charge on any atom is 0.408 e. The van der Waals surface area contributed by atoms with E-state index in [2.05, 4.69) is 10.3 Å².